The minimum absolute atomic E-state index is 0.0616. The van der Waals surface area contributed by atoms with Crippen LogP contribution in [0.25, 0.3) is 0 Å². The van der Waals surface area contributed by atoms with Crippen LogP contribution in [0.1, 0.15) is 34.5 Å². The summed E-state index contributed by atoms with van der Waals surface area (Å²) in [5.41, 5.74) is 6.71. The van der Waals surface area contributed by atoms with Crippen molar-refractivity contribution in [2.45, 2.75) is 26.3 Å². The van der Waals surface area contributed by atoms with E-state index in [1.807, 2.05) is 0 Å². The van der Waals surface area contributed by atoms with Gasteiger partial charge in [0.05, 0.1) is 9.83 Å². The third kappa shape index (κ3) is 2.83. The van der Waals surface area contributed by atoms with Crippen LogP contribution in [0.2, 0.25) is 0 Å². The zero-order valence-electron chi connectivity index (χ0n) is 10.5. The van der Waals surface area contributed by atoms with Crippen LogP contribution in [0.5, 0.6) is 0 Å². The minimum atomic E-state index is 0.0616. The van der Waals surface area contributed by atoms with Crippen molar-refractivity contribution in [1.82, 2.24) is 5.43 Å². The molecule has 0 radical (unpaired) electrons. The molecule has 1 aromatic heterocycles. The molecule has 0 fully saturated rings. The van der Waals surface area contributed by atoms with Crippen LogP contribution in [0.3, 0.4) is 0 Å². The predicted molar refractivity (Wildman–Crippen MR) is 81.7 cm³/mol. The summed E-state index contributed by atoms with van der Waals surface area (Å²) >= 11 is 5.29. The second-order valence-corrected chi connectivity index (χ2v) is 6.71. The Morgan fingerprint density at radius 2 is 2.17 bits per heavy atom. The maximum atomic E-state index is 5.73. The molecule has 1 aromatic carbocycles. The van der Waals surface area contributed by atoms with Gasteiger partial charge in [0.15, 0.2) is 0 Å². The van der Waals surface area contributed by atoms with Gasteiger partial charge in [0.25, 0.3) is 0 Å². The largest absolute Gasteiger partial charge is 0.271 e. The minimum Gasteiger partial charge on any atom is -0.271 e. The maximum Gasteiger partial charge on any atom is 0.0803 e. The molecule has 1 heterocycles. The van der Waals surface area contributed by atoms with E-state index in [1.54, 1.807) is 11.3 Å². The molecular weight excluding hydrogens is 308 g/mol. The van der Waals surface area contributed by atoms with Crippen LogP contribution in [0.15, 0.2) is 34.1 Å². The van der Waals surface area contributed by atoms with Crippen LogP contribution in [-0.2, 0) is 6.42 Å². The molecule has 0 amide bonds. The van der Waals surface area contributed by atoms with Gasteiger partial charge in [0.2, 0.25) is 0 Å². The molecule has 0 saturated carbocycles. The molecule has 0 aliphatic rings. The molecule has 2 aromatic rings. The Bertz CT molecular complexity index is 517. The van der Waals surface area contributed by atoms with Crippen molar-refractivity contribution in [3.8, 4) is 0 Å². The van der Waals surface area contributed by atoms with E-state index in [-0.39, 0.29) is 6.04 Å². The fourth-order valence-corrected chi connectivity index (χ4v) is 3.62. The molecule has 2 nitrogen and oxygen atoms in total. The summed E-state index contributed by atoms with van der Waals surface area (Å²) in [5, 5.41) is 0. The number of thiophene rings is 1. The Labute approximate surface area is 120 Å². The van der Waals surface area contributed by atoms with E-state index >= 15 is 0 Å². The third-order valence-corrected chi connectivity index (χ3v) is 5.22. The van der Waals surface area contributed by atoms with Gasteiger partial charge in [0, 0.05) is 4.88 Å². The van der Waals surface area contributed by atoms with E-state index in [0.29, 0.717) is 0 Å². The topological polar surface area (TPSA) is 38.0 Å². The summed E-state index contributed by atoms with van der Waals surface area (Å²) in [5.74, 6) is 5.73. The Balaban J connectivity index is 2.38. The van der Waals surface area contributed by atoms with Crippen LogP contribution < -0.4 is 11.3 Å². The summed E-state index contributed by atoms with van der Waals surface area (Å²) in [4.78, 5) is 1.23. The highest BCUT2D eigenvalue weighted by molar-refractivity contribution is 9.11. The smallest absolute Gasteiger partial charge is 0.0803 e. The summed E-state index contributed by atoms with van der Waals surface area (Å²) in [6.07, 6.45) is 1.04. The molecule has 1 atom stereocenters. The number of aryl methyl sites for hydroxylation is 2. The molecule has 4 heteroatoms. The number of nitrogens with one attached hydrogen (secondary N) is 1. The monoisotopic (exact) mass is 324 g/mol. The Morgan fingerprint density at radius 1 is 1.39 bits per heavy atom. The molecule has 1 unspecified atom stereocenters. The first kappa shape index (κ1) is 13.7. The van der Waals surface area contributed by atoms with E-state index in [2.05, 4.69) is 65.5 Å². The average Bonchev–Trinajstić information content (AvgIpc) is 2.70. The number of hydrogen-bond donors (Lipinski definition) is 2. The van der Waals surface area contributed by atoms with Gasteiger partial charge in [-0.05, 0) is 52.0 Å². The van der Waals surface area contributed by atoms with Crippen molar-refractivity contribution in [1.29, 1.82) is 0 Å². The van der Waals surface area contributed by atoms with Gasteiger partial charge < -0.3 is 0 Å². The second kappa shape index (κ2) is 5.97. The molecule has 0 aliphatic heterocycles. The van der Waals surface area contributed by atoms with Crippen LogP contribution in [-0.4, -0.2) is 0 Å². The van der Waals surface area contributed by atoms with Gasteiger partial charge in [-0.15, -0.1) is 11.3 Å². The fourth-order valence-electron chi connectivity index (χ4n) is 1.96. The molecule has 0 aliphatic carbocycles. The predicted octanol–water partition coefficient (Wildman–Crippen LogP) is 3.93. The summed E-state index contributed by atoms with van der Waals surface area (Å²) in [6, 6.07) is 10.8. The van der Waals surface area contributed by atoms with Crippen molar-refractivity contribution < 1.29 is 0 Å². The van der Waals surface area contributed by atoms with Gasteiger partial charge in [-0.3, -0.25) is 5.84 Å². The van der Waals surface area contributed by atoms with Crippen molar-refractivity contribution in [3.05, 3.63) is 55.7 Å². The van der Waals surface area contributed by atoms with Gasteiger partial charge in [0.1, 0.15) is 0 Å². The molecule has 2 rings (SSSR count). The van der Waals surface area contributed by atoms with Crippen molar-refractivity contribution in [3.63, 3.8) is 0 Å². The lowest BCUT2D eigenvalue weighted by molar-refractivity contribution is 0.645. The second-order valence-electron chi connectivity index (χ2n) is 4.30. The quantitative estimate of drug-likeness (QED) is 0.660. The lowest BCUT2D eigenvalue weighted by Gasteiger charge is -2.15. The summed E-state index contributed by atoms with van der Waals surface area (Å²) < 4.78 is 1.17. The Kier molecular flexibility index (Phi) is 4.56. The lowest BCUT2D eigenvalue weighted by atomic mass is 10.0. The number of nitrogens with two attached hydrogens (primary N) is 1. The zero-order chi connectivity index (χ0) is 13.1. The number of hydrazine groups is 1. The van der Waals surface area contributed by atoms with E-state index < -0.39 is 0 Å². The first-order chi connectivity index (χ1) is 8.65. The highest BCUT2D eigenvalue weighted by Crippen LogP contribution is 2.34. The number of halogens is 1. The molecule has 18 heavy (non-hydrogen) atoms. The van der Waals surface area contributed by atoms with Crippen LogP contribution in [0, 0.1) is 6.92 Å². The standard InChI is InChI=1S/C14H17BrN2S/c1-3-10-5-4-6-11(8-10)13(17-16)12-7-9(2)14(15)18-12/h4-8,13,17H,3,16H2,1-2H3. The Morgan fingerprint density at radius 3 is 2.72 bits per heavy atom. The van der Waals surface area contributed by atoms with Crippen molar-refractivity contribution in [2.75, 3.05) is 0 Å². The van der Waals surface area contributed by atoms with Gasteiger partial charge in [-0.1, -0.05) is 31.2 Å². The SMILES string of the molecule is CCc1cccc(C(NN)c2cc(C)c(Br)s2)c1. The molecular formula is C14H17BrN2S. The fraction of sp³-hybridized carbons (Fsp3) is 0.286. The third-order valence-electron chi connectivity index (χ3n) is 3.02. The van der Waals surface area contributed by atoms with E-state index in [0.717, 1.165) is 6.42 Å². The molecule has 0 spiro atoms. The molecule has 0 saturated heterocycles. The zero-order valence-corrected chi connectivity index (χ0v) is 12.9. The lowest BCUT2D eigenvalue weighted by Crippen LogP contribution is -2.28. The van der Waals surface area contributed by atoms with E-state index in [1.165, 1.54) is 25.4 Å². The Hall–Kier alpha value is -0.680. The van der Waals surface area contributed by atoms with Crippen molar-refractivity contribution >= 4 is 27.3 Å². The molecule has 0 bridgehead atoms. The highest BCUT2D eigenvalue weighted by atomic mass is 79.9. The average molecular weight is 325 g/mol. The molecule has 3 N–H and O–H groups in total. The summed E-state index contributed by atoms with van der Waals surface area (Å²) in [7, 11) is 0. The number of rotatable bonds is 4. The number of benzene rings is 1. The summed E-state index contributed by atoms with van der Waals surface area (Å²) in [6.45, 7) is 4.26. The van der Waals surface area contributed by atoms with E-state index in [4.69, 9.17) is 5.84 Å². The van der Waals surface area contributed by atoms with Gasteiger partial charge >= 0.3 is 0 Å². The number of hydrogen-bond acceptors (Lipinski definition) is 3. The molecule has 96 valence electrons. The first-order valence-corrected chi connectivity index (χ1v) is 7.57. The first-order valence-electron chi connectivity index (χ1n) is 5.96. The van der Waals surface area contributed by atoms with Crippen LogP contribution in [0.4, 0.5) is 0 Å². The van der Waals surface area contributed by atoms with Gasteiger partial charge in [-0.25, -0.2) is 5.43 Å². The van der Waals surface area contributed by atoms with Crippen LogP contribution >= 0.6 is 27.3 Å². The van der Waals surface area contributed by atoms with Gasteiger partial charge in [-0.2, -0.15) is 0 Å². The highest BCUT2D eigenvalue weighted by Gasteiger charge is 2.16. The van der Waals surface area contributed by atoms with Crippen molar-refractivity contribution in [2.24, 2.45) is 5.84 Å². The maximum absolute atomic E-state index is 5.73. The van der Waals surface area contributed by atoms with E-state index in [9.17, 15) is 0 Å². The normalized spacial score (nSPS) is 12.7.